The molecule has 2 aromatic heterocycles. The number of alkyl halides is 3. The van der Waals surface area contributed by atoms with Crippen LogP contribution in [0.1, 0.15) is 77.9 Å². The van der Waals surface area contributed by atoms with E-state index in [1.807, 2.05) is 32.1 Å². The summed E-state index contributed by atoms with van der Waals surface area (Å²) in [4.78, 5) is 40.3. The number of halogens is 3. The zero-order valence-electron chi connectivity index (χ0n) is 27.8. The van der Waals surface area contributed by atoms with Crippen LogP contribution in [-0.2, 0) is 6.18 Å². The second kappa shape index (κ2) is 13.1. The van der Waals surface area contributed by atoms with Crippen LogP contribution in [0.5, 0.6) is 0 Å². The van der Waals surface area contributed by atoms with Crippen molar-refractivity contribution in [1.29, 1.82) is 0 Å². The lowest BCUT2D eigenvalue weighted by atomic mass is 9.77. The molecule has 0 saturated heterocycles. The number of hydrazone groups is 1. The average Bonchev–Trinajstić information content (AvgIpc) is 3.74. The molecule has 0 N–H and O–H groups in total. The lowest BCUT2D eigenvalue weighted by molar-refractivity contribution is -0.385. The first kappa shape index (κ1) is 34.2. The molecule has 0 radical (unpaired) electrons. The Morgan fingerprint density at radius 3 is 2.15 bits per heavy atom. The van der Waals surface area contributed by atoms with E-state index in [0.717, 1.165) is 17.2 Å². The summed E-state index contributed by atoms with van der Waals surface area (Å²) in [7, 11) is 0. The molecule has 0 bridgehead atoms. The van der Waals surface area contributed by atoms with E-state index in [1.54, 1.807) is 36.4 Å². The molecule has 52 heavy (non-hydrogen) atoms. The van der Waals surface area contributed by atoms with Gasteiger partial charge in [0.05, 0.1) is 27.3 Å². The normalized spacial score (nSPS) is 18.2. The summed E-state index contributed by atoms with van der Waals surface area (Å²) >= 11 is 0. The molecule has 12 nitrogen and oxygen atoms in total. The highest BCUT2D eigenvalue weighted by Gasteiger charge is 2.45. The predicted molar refractivity (Wildman–Crippen MR) is 185 cm³/mol. The summed E-state index contributed by atoms with van der Waals surface area (Å²) < 4.78 is 44.0. The number of benzene rings is 3. The van der Waals surface area contributed by atoms with Crippen molar-refractivity contribution in [3.05, 3.63) is 139 Å². The van der Waals surface area contributed by atoms with Gasteiger partial charge in [-0.25, -0.2) is 14.5 Å². The largest absolute Gasteiger partial charge is 0.433 e. The van der Waals surface area contributed by atoms with Crippen LogP contribution in [0.4, 0.5) is 24.5 Å². The van der Waals surface area contributed by atoms with E-state index in [-0.39, 0.29) is 40.2 Å². The molecule has 3 aromatic carbocycles. The van der Waals surface area contributed by atoms with E-state index in [4.69, 9.17) is 5.10 Å². The predicted octanol–water partition coefficient (Wildman–Crippen LogP) is 8.79. The fourth-order valence-electron chi connectivity index (χ4n) is 6.77. The third-order valence-corrected chi connectivity index (χ3v) is 9.41. The number of rotatable bonds is 7. The number of carbonyl (C=O) groups is 1. The Bertz CT molecular complexity index is 2280. The van der Waals surface area contributed by atoms with Gasteiger partial charge in [0.25, 0.3) is 17.3 Å². The number of aromatic nitrogens is 3. The van der Waals surface area contributed by atoms with Crippen molar-refractivity contribution in [2.45, 2.75) is 51.2 Å². The van der Waals surface area contributed by atoms with Crippen molar-refractivity contribution in [3.63, 3.8) is 0 Å². The Morgan fingerprint density at radius 1 is 0.923 bits per heavy atom. The number of hydrogen-bond acceptors (Lipinski definition) is 8. The third kappa shape index (κ3) is 6.40. The van der Waals surface area contributed by atoms with E-state index >= 15 is 0 Å². The molecule has 1 fully saturated rings. The van der Waals surface area contributed by atoms with Gasteiger partial charge in [0.15, 0.2) is 17.0 Å². The minimum atomic E-state index is -4.83. The van der Waals surface area contributed by atoms with Gasteiger partial charge in [0, 0.05) is 41.8 Å². The summed E-state index contributed by atoms with van der Waals surface area (Å²) in [6, 6.07) is 20.1. The van der Waals surface area contributed by atoms with Crippen molar-refractivity contribution >= 4 is 34.7 Å². The van der Waals surface area contributed by atoms with Crippen LogP contribution in [0.15, 0.2) is 95.6 Å². The summed E-state index contributed by atoms with van der Waals surface area (Å²) in [5.41, 5.74) is 2.30. The quantitative estimate of drug-likeness (QED) is 0.121. The molecule has 264 valence electrons. The molecule has 3 heterocycles. The van der Waals surface area contributed by atoms with E-state index in [2.05, 4.69) is 10.1 Å². The molecule has 0 unspecified atom stereocenters. The summed E-state index contributed by atoms with van der Waals surface area (Å²) in [6.45, 7) is 4.02. The van der Waals surface area contributed by atoms with Gasteiger partial charge in [-0.1, -0.05) is 50.2 Å². The number of nitrogens with zero attached hydrogens (tertiary/aromatic N) is 7. The first-order valence-electron chi connectivity index (χ1n) is 16.5. The van der Waals surface area contributed by atoms with Gasteiger partial charge in [0.1, 0.15) is 0 Å². The van der Waals surface area contributed by atoms with E-state index in [9.17, 15) is 38.2 Å². The number of non-ortho nitro benzene ring substituents is 2. The Morgan fingerprint density at radius 2 is 1.56 bits per heavy atom. The van der Waals surface area contributed by atoms with Gasteiger partial charge >= 0.3 is 6.18 Å². The first-order valence-corrected chi connectivity index (χ1v) is 16.5. The maximum atomic E-state index is 14.5. The van der Waals surface area contributed by atoms with Crippen LogP contribution in [0.2, 0.25) is 0 Å². The summed E-state index contributed by atoms with van der Waals surface area (Å²) in [5.74, 6) is -0.911. The first-order chi connectivity index (χ1) is 24.8. The fraction of sp³-hybridized carbons (Fsp3) is 0.243. The van der Waals surface area contributed by atoms with Crippen LogP contribution < -0.4 is 0 Å². The topological polar surface area (TPSA) is 149 Å². The highest BCUT2D eigenvalue weighted by atomic mass is 19.4. The summed E-state index contributed by atoms with van der Waals surface area (Å²) in [5, 5.41) is 32.6. The van der Waals surface area contributed by atoms with Crippen molar-refractivity contribution in [2.24, 2.45) is 11.0 Å². The number of carbonyl (C=O) groups excluding carboxylic acids is 1. The lowest BCUT2D eigenvalue weighted by Crippen LogP contribution is -2.32. The van der Waals surface area contributed by atoms with Crippen molar-refractivity contribution < 1.29 is 27.8 Å². The third-order valence-electron chi connectivity index (χ3n) is 9.41. The lowest BCUT2D eigenvalue weighted by Gasteiger charge is -2.29. The highest BCUT2D eigenvalue weighted by Crippen LogP contribution is 2.45. The number of amides is 1. The average molecular weight is 710 g/mol. The van der Waals surface area contributed by atoms with Crippen molar-refractivity contribution in [1.82, 2.24) is 19.6 Å². The van der Waals surface area contributed by atoms with Crippen molar-refractivity contribution in [2.75, 3.05) is 0 Å². The van der Waals surface area contributed by atoms with Crippen LogP contribution in [-0.4, -0.2) is 41.1 Å². The zero-order chi connectivity index (χ0) is 36.9. The molecule has 1 amide bonds. The van der Waals surface area contributed by atoms with E-state index < -0.39 is 33.7 Å². The minimum absolute atomic E-state index is 0.0613. The molecule has 1 aliphatic carbocycles. The maximum Gasteiger partial charge on any atom is 0.433 e. The molecule has 0 spiro atoms. The van der Waals surface area contributed by atoms with Gasteiger partial charge in [-0.2, -0.15) is 23.4 Å². The Kier molecular flexibility index (Phi) is 8.64. The molecule has 7 rings (SSSR count). The molecule has 1 saturated carbocycles. The van der Waals surface area contributed by atoms with Crippen LogP contribution in [0.3, 0.4) is 0 Å². The van der Waals surface area contributed by atoms with Gasteiger partial charge in [-0.15, -0.1) is 0 Å². The molecular formula is C37H30F3N7O5. The van der Waals surface area contributed by atoms with Gasteiger partial charge < -0.3 is 0 Å². The number of hydrogen-bond donors (Lipinski definition) is 0. The number of nitro groups is 2. The van der Waals surface area contributed by atoms with Gasteiger partial charge in [-0.3, -0.25) is 25.0 Å². The van der Waals surface area contributed by atoms with Gasteiger partial charge in [0.2, 0.25) is 0 Å². The maximum absolute atomic E-state index is 14.5. The van der Waals surface area contributed by atoms with E-state index in [0.29, 0.717) is 46.2 Å². The number of fused-ring (bicyclic) bond motifs is 2. The zero-order valence-corrected chi connectivity index (χ0v) is 27.8. The summed E-state index contributed by atoms with van der Waals surface area (Å²) in [6.07, 6.45) is -1.08. The number of allylic oxidation sites excluding steroid dienone is 1. The second-order valence-electron chi connectivity index (χ2n) is 13.0. The standard InChI is InChI=1S/C37H30F3N7O5/c1-21(2)23-8-10-24(11-9-23)30-19-32(37(38,39)40)44-33(41-30)20-31(42-44)36(48)45-35(25-12-16-28(17-13-25)47(51)52)29-5-3-4-26(34(29)43-45)18-22-6-14-27(15-7-22)46(49)50/h6-21,29,35H,3-5H2,1-2H3/b26-18+/t29-,35-/m1/s1. The highest BCUT2D eigenvalue weighted by molar-refractivity contribution is 6.09. The molecule has 2 atom stereocenters. The van der Waals surface area contributed by atoms with E-state index in [1.165, 1.54) is 35.3 Å². The molecular weight excluding hydrogens is 679 g/mol. The Hall–Kier alpha value is -6.25. The Labute approximate surface area is 294 Å². The van der Waals surface area contributed by atoms with Crippen molar-refractivity contribution in [3.8, 4) is 11.3 Å². The van der Waals surface area contributed by atoms with Crippen LogP contribution in [0, 0.1) is 26.1 Å². The minimum Gasteiger partial charge on any atom is -0.265 e. The van der Waals surface area contributed by atoms with Crippen LogP contribution >= 0.6 is 0 Å². The van der Waals surface area contributed by atoms with Crippen LogP contribution in [0.25, 0.3) is 23.0 Å². The molecule has 1 aliphatic heterocycles. The molecule has 2 aliphatic rings. The second-order valence-corrected chi connectivity index (χ2v) is 13.0. The molecule has 15 heteroatoms. The SMILES string of the molecule is CC(C)c1ccc(-c2cc(C(F)(F)F)n3nc(C(=O)N4N=C5/C(=C/c6ccc([N+](=O)[O-])cc6)CCC[C@H]5[C@H]4c4ccc([N+](=O)[O-])cc4)cc3n2)cc1. The monoisotopic (exact) mass is 709 g/mol. The molecule has 5 aromatic rings. The smallest absolute Gasteiger partial charge is 0.265 e. The number of nitro benzene ring substituents is 2. The fourth-order valence-corrected chi connectivity index (χ4v) is 6.77. The Balaban J connectivity index is 1.31. The van der Waals surface area contributed by atoms with Gasteiger partial charge in [-0.05, 0) is 71.7 Å².